The predicted molar refractivity (Wildman–Crippen MR) is 143 cm³/mol. The maximum atomic E-state index is 13.3. The van der Waals surface area contributed by atoms with Crippen LogP contribution in [0.4, 0.5) is 0 Å². The van der Waals surface area contributed by atoms with Gasteiger partial charge in [-0.25, -0.2) is 4.79 Å². The van der Waals surface area contributed by atoms with Crippen molar-refractivity contribution < 1.29 is 23.9 Å². The Hall–Kier alpha value is -2.52. The molecule has 0 radical (unpaired) electrons. The lowest BCUT2D eigenvalue weighted by Crippen LogP contribution is -2.67. The number of aliphatic hydroxyl groups is 1. The van der Waals surface area contributed by atoms with E-state index in [1.165, 1.54) is 0 Å². The molecular formula is C28H40N2O5Si. The summed E-state index contributed by atoms with van der Waals surface area (Å²) in [6.45, 7) is 10.9. The number of nitrogens with zero attached hydrogens (tertiary/aromatic N) is 1. The lowest BCUT2D eigenvalue weighted by atomic mass is 9.89. The number of benzene rings is 2. The Bertz CT molecular complexity index is 1010. The number of carbonyl (C=O) groups is 2. The number of likely N-dealkylation sites (tertiary alicyclic amines) is 1. The molecule has 0 unspecified atom stereocenters. The fraction of sp³-hybridized carbons (Fsp3) is 0.500. The van der Waals surface area contributed by atoms with Crippen LogP contribution in [0.2, 0.25) is 18.1 Å². The molecule has 2 aromatic carbocycles. The van der Waals surface area contributed by atoms with Gasteiger partial charge in [0, 0.05) is 20.0 Å². The largest absolute Gasteiger partial charge is 0.457 e. The molecule has 1 amide bonds. The summed E-state index contributed by atoms with van der Waals surface area (Å²) in [5.41, 5.74) is 1.44. The van der Waals surface area contributed by atoms with Gasteiger partial charge >= 0.3 is 5.97 Å². The van der Waals surface area contributed by atoms with E-state index in [-0.39, 0.29) is 17.6 Å². The van der Waals surface area contributed by atoms with Gasteiger partial charge in [0.25, 0.3) is 0 Å². The maximum Gasteiger partial charge on any atom is 0.338 e. The summed E-state index contributed by atoms with van der Waals surface area (Å²) in [5, 5.41) is 13.2. The predicted octanol–water partition coefficient (Wildman–Crippen LogP) is 3.98. The lowest BCUT2D eigenvalue weighted by molar-refractivity contribution is -0.145. The van der Waals surface area contributed by atoms with Gasteiger partial charge in [-0.1, -0.05) is 69.3 Å². The lowest BCUT2D eigenvalue weighted by Gasteiger charge is -2.50. The van der Waals surface area contributed by atoms with Crippen LogP contribution in [0, 0.1) is 0 Å². The molecule has 1 fully saturated rings. The highest BCUT2D eigenvalue weighted by atomic mass is 28.4. The SMILES string of the molecule is CNC(=O)[C@@H]1[C@@H](O[Si](C)(C)C(C)(C)C)C[C@H](OC(=O)c2ccccc2)[C@@H](CO)N1Cc1ccccc1. The molecular weight excluding hydrogens is 472 g/mol. The van der Waals surface area contributed by atoms with E-state index in [4.69, 9.17) is 9.16 Å². The van der Waals surface area contributed by atoms with Crippen molar-refractivity contribution in [3.63, 3.8) is 0 Å². The fourth-order valence-corrected chi connectivity index (χ4v) is 5.76. The summed E-state index contributed by atoms with van der Waals surface area (Å²) in [7, 11) is -0.677. The number of nitrogens with one attached hydrogen (secondary N) is 1. The first-order chi connectivity index (χ1) is 17.0. The topological polar surface area (TPSA) is 88.1 Å². The first kappa shape index (κ1) is 28.1. The molecule has 1 aliphatic rings. The number of piperidine rings is 1. The monoisotopic (exact) mass is 512 g/mol. The van der Waals surface area contributed by atoms with Gasteiger partial charge in [-0.05, 0) is 35.8 Å². The summed E-state index contributed by atoms with van der Waals surface area (Å²) in [6, 6.07) is 17.4. The standard InChI is InChI=1S/C28H40N2O5Si/c1-28(2,3)36(5,6)35-24-17-23(34-27(33)21-15-11-8-12-16-21)22(19-31)30(25(24)26(32)29-4)18-20-13-9-7-10-14-20/h7-16,22-25,31H,17-19H2,1-6H3,(H,29,32)/t22-,23+,24+,25+/m1/s1. The van der Waals surface area contributed by atoms with E-state index < -0.39 is 38.6 Å². The van der Waals surface area contributed by atoms with Crippen molar-refractivity contribution in [3.8, 4) is 0 Å². The molecule has 0 spiro atoms. The summed E-state index contributed by atoms with van der Waals surface area (Å²) < 4.78 is 12.8. The molecule has 4 atom stereocenters. The van der Waals surface area contributed by atoms with Gasteiger partial charge in [-0.2, -0.15) is 0 Å². The Balaban J connectivity index is 2.02. The van der Waals surface area contributed by atoms with E-state index in [9.17, 15) is 14.7 Å². The third-order valence-corrected chi connectivity index (χ3v) is 12.0. The third kappa shape index (κ3) is 6.42. The molecule has 0 saturated carbocycles. The number of esters is 1. The quantitative estimate of drug-likeness (QED) is 0.411. The number of hydrogen-bond donors (Lipinski definition) is 2. The molecule has 8 heteroatoms. The molecule has 3 rings (SSSR count). The molecule has 196 valence electrons. The van der Waals surface area contributed by atoms with Crippen LogP contribution in [0.15, 0.2) is 60.7 Å². The molecule has 2 aromatic rings. The molecule has 0 bridgehead atoms. The summed E-state index contributed by atoms with van der Waals surface area (Å²) in [6.07, 6.45) is -0.840. The van der Waals surface area contributed by atoms with Crippen molar-refractivity contribution in [2.24, 2.45) is 0 Å². The average molecular weight is 513 g/mol. The van der Waals surface area contributed by atoms with E-state index in [0.29, 0.717) is 18.5 Å². The van der Waals surface area contributed by atoms with Crippen LogP contribution in [0.1, 0.15) is 43.1 Å². The number of ether oxygens (including phenoxy) is 1. The van der Waals surface area contributed by atoms with Gasteiger partial charge in [-0.15, -0.1) is 0 Å². The van der Waals surface area contributed by atoms with Crippen molar-refractivity contribution in [2.45, 2.75) is 76.2 Å². The Labute approximate surface area is 215 Å². The van der Waals surface area contributed by atoms with Crippen LogP contribution < -0.4 is 5.32 Å². The Kier molecular flexibility index (Phi) is 9.11. The van der Waals surface area contributed by atoms with Crippen molar-refractivity contribution in [1.82, 2.24) is 10.2 Å². The van der Waals surface area contributed by atoms with Crippen LogP contribution in [-0.2, 0) is 20.5 Å². The number of rotatable bonds is 8. The van der Waals surface area contributed by atoms with Gasteiger partial charge in [0.15, 0.2) is 8.32 Å². The van der Waals surface area contributed by atoms with Gasteiger partial charge in [0.2, 0.25) is 5.91 Å². The average Bonchev–Trinajstić information content (AvgIpc) is 2.84. The normalized spacial score (nSPS) is 23.2. The molecule has 1 heterocycles. The zero-order valence-electron chi connectivity index (χ0n) is 22.2. The second kappa shape index (κ2) is 11.7. The molecule has 1 saturated heterocycles. The Morgan fingerprint density at radius 1 is 1.03 bits per heavy atom. The van der Waals surface area contributed by atoms with Crippen molar-refractivity contribution in [2.75, 3.05) is 13.7 Å². The number of hydrogen-bond acceptors (Lipinski definition) is 6. The first-order valence-electron chi connectivity index (χ1n) is 12.5. The number of carbonyl (C=O) groups excluding carboxylic acids is 2. The molecule has 0 aliphatic carbocycles. The second-order valence-corrected chi connectivity index (χ2v) is 15.7. The van der Waals surface area contributed by atoms with Crippen molar-refractivity contribution >= 4 is 20.2 Å². The van der Waals surface area contributed by atoms with E-state index >= 15 is 0 Å². The molecule has 36 heavy (non-hydrogen) atoms. The number of amides is 1. The summed E-state index contributed by atoms with van der Waals surface area (Å²) >= 11 is 0. The van der Waals surface area contributed by atoms with Gasteiger partial charge < -0.3 is 19.6 Å². The Morgan fingerprint density at radius 3 is 2.14 bits per heavy atom. The van der Waals surface area contributed by atoms with Crippen LogP contribution in [0.25, 0.3) is 0 Å². The van der Waals surface area contributed by atoms with E-state index in [1.54, 1.807) is 31.3 Å². The highest BCUT2D eigenvalue weighted by Gasteiger charge is 2.51. The van der Waals surface area contributed by atoms with E-state index in [0.717, 1.165) is 5.56 Å². The number of likely N-dealkylation sites (N-methyl/N-ethyl adjacent to an activating group) is 1. The van der Waals surface area contributed by atoms with Crippen LogP contribution in [-0.4, -0.2) is 68.1 Å². The zero-order chi connectivity index (χ0) is 26.5. The minimum Gasteiger partial charge on any atom is -0.457 e. The van der Waals surface area contributed by atoms with Gasteiger partial charge in [0.05, 0.1) is 24.3 Å². The zero-order valence-corrected chi connectivity index (χ0v) is 23.2. The molecule has 1 aliphatic heterocycles. The maximum absolute atomic E-state index is 13.3. The smallest absolute Gasteiger partial charge is 0.338 e. The van der Waals surface area contributed by atoms with Crippen molar-refractivity contribution in [3.05, 3.63) is 71.8 Å². The van der Waals surface area contributed by atoms with Gasteiger partial charge in [-0.3, -0.25) is 9.69 Å². The summed E-state index contributed by atoms with van der Waals surface area (Å²) in [4.78, 5) is 28.3. The van der Waals surface area contributed by atoms with Crippen molar-refractivity contribution in [1.29, 1.82) is 0 Å². The highest BCUT2D eigenvalue weighted by molar-refractivity contribution is 6.74. The van der Waals surface area contributed by atoms with E-state index in [1.807, 2.05) is 41.3 Å². The fourth-order valence-electron chi connectivity index (χ4n) is 4.42. The highest BCUT2D eigenvalue weighted by Crippen LogP contribution is 2.40. The van der Waals surface area contributed by atoms with Crippen LogP contribution >= 0.6 is 0 Å². The minimum atomic E-state index is -2.29. The molecule has 0 aromatic heterocycles. The van der Waals surface area contributed by atoms with Gasteiger partial charge in [0.1, 0.15) is 12.1 Å². The first-order valence-corrected chi connectivity index (χ1v) is 15.5. The van der Waals surface area contributed by atoms with Crippen LogP contribution in [0.5, 0.6) is 0 Å². The molecule has 2 N–H and O–H groups in total. The van der Waals surface area contributed by atoms with E-state index in [2.05, 4.69) is 39.2 Å². The molecule has 7 nitrogen and oxygen atoms in total. The third-order valence-electron chi connectivity index (χ3n) is 7.46. The summed E-state index contributed by atoms with van der Waals surface area (Å²) in [5.74, 6) is -0.635. The van der Waals surface area contributed by atoms with Crippen LogP contribution in [0.3, 0.4) is 0 Å². The second-order valence-electron chi connectivity index (χ2n) is 10.9. The number of aliphatic hydroxyl groups excluding tert-OH is 1. The minimum absolute atomic E-state index is 0.0749. The Morgan fingerprint density at radius 2 is 1.61 bits per heavy atom.